The van der Waals surface area contributed by atoms with E-state index in [4.69, 9.17) is 0 Å². The van der Waals surface area contributed by atoms with E-state index in [9.17, 15) is 14.7 Å². The highest BCUT2D eigenvalue weighted by molar-refractivity contribution is 5.94. The van der Waals surface area contributed by atoms with E-state index in [1.54, 1.807) is 4.57 Å². The number of benzene rings is 2. The van der Waals surface area contributed by atoms with Crippen LogP contribution in [-0.2, 0) is 11.3 Å². The minimum atomic E-state index is -0.459. The predicted molar refractivity (Wildman–Crippen MR) is 139 cm³/mol. The molecule has 1 fully saturated rings. The quantitative estimate of drug-likeness (QED) is 0.568. The zero-order valence-electron chi connectivity index (χ0n) is 20.1. The summed E-state index contributed by atoms with van der Waals surface area (Å²) in [5, 5.41) is 13.4. The van der Waals surface area contributed by atoms with Crippen molar-refractivity contribution in [2.45, 2.75) is 32.5 Å². The maximum absolute atomic E-state index is 13.7. The van der Waals surface area contributed by atoms with Crippen LogP contribution in [0.25, 0.3) is 17.2 Å². The molecule has 0 aliphatic carbocycles. The van der Waals surface area contributed by atoms with Gasteiger partial charge in [-0.2, -0.15) is 0 Å². The van der Waals surface area contributed by atoms with Crippen LogP contribution in [0.4, 0.5) is 5.69 Å². The molecule has 0 saturated carbocycles. The molecule has 2 bridgehead atoms. The Morgan fingerprint density at radius 3 is 2.43 bits per heavy atom. The Hall–Kier alpha value is -3.48. The summed E-state index contributed by atoms with van der Waals surface area (Å²) in [5.74, 6) is -0.839. The molecule has 0 unspecified atom stereocenters. The fourth-order valence-corrected chi connectivity index (χ4v) is 5.88. The summed E-state index contributed by atoms with van der Waals surface area (Å²) in [4.78, 5) is 29.1. The third kappa shape index (κ3) is 4.03. The van der Waals surface area contributed by atoms with Crippen molar-refractivity contribution >= 4 is 17.7 Å². The number of allylic oxidation sites excluding steroid dienone is 1. The number of aromatic nitrogens is 1. The number of hydrogen-bond acceptors (Lipinski definition) is 4. The molecule has 1 saturated heterocycles. The smallest absolute Gasteiger partial charge is 0.258 e. The summed E-state index contributed by atoms with van der Waals surface area (Å²) in [5.41, 5.74) is 4.36. The molecule has 1 aromatic heterocycles. The zero-order valence-corrected chi connectivity index (χ0v) is 20.1. The molecular weight excluding hydrogens is 438 g/mol. The Balaban J connectivity index is 1.46. The van der Waals surface area contributed by atoms with Gasteiger partial charge in [-0.25, -0.2) is 0 Å². The highest BCUT2D eigenvalue weighted by atomic mass is 16.3. The first kappa shape index (κ1) is 23.3. The van der Waals surface area contributed by atoms with E-state index in [2.05, 4.69) is 29.3 Å². The minimum absolute atomic E-state index is 0.0411. The van der Waals surface area contributed by atoms with Crippen LogP contribution in [0.15, 0.2) is 77.6 Å². The number of aliphatic hydroxyl groups excluding tert-OH is 1. The molecule has 0 spiro atoms. The number of carbonyl (C=O) groups is 1. The molecule has 5 rings (SSSR count). The first-order chi connectivity index (χ1) is 17.1. The van der Waals surface area contributed by atoms with E-state index in [0.29, 0.717) is 12.1 Å². The van der Waals surface area contributed by atoms with Gasteiger partial charge in [0.1, 0.15) is 0 Å². The van der Waals surface area contributed by atoms with Gasteiger partial charge in [0.05, 0.1) is 12.0 Å². The molecule has 3 aromatic rings. The van der Waals surface area contributed by atoms with Gasteiger partial charge < -0.3 is 15.0 Å². The lowest BCUT2D eigenvalue weighted by Crippen LogP contribution is -2.46. The lowest BCUT2D eigenvalue weighted by Gasteiger charge is -2.37. The van der Waals surface area contributed by atoms with Crippen molar-refractivity contribution in [3.8, 4) is 11.1 Å². The summed E-state index contributed by atoms with van der Waals surface area (Å²) in [6, 6.07) is 21.4. The SMILES string of the molecule is C/C=C/c1ccc2n(c1=O)C[C@H]1[C@H](CO)[C@@H](C(=O)Nc3ccc(-c4ccccc4)cc3)[C@@H]2N1CC. The molecule has 1 amide bonds. The summed E-state index contributed by atoms with van der Waals surface area (Å²) < 4.78 is 1.81. The maximum atomic E-state index is 13.7. The summed E-state index contributed by atoms with van der Waals surface area (Å²) in [6.07, 6.45) is 3.67. The van der Waals surface area contributed by atoms with Gasteiger partial charge in [0.25, 0.3) is 5.56 Å². The van der Waals surface area contributed by atoms with E-state index in [-0.39, 0.29) is 36.1 Å². The number of fused-ring (bicyclic) bond motifs is 4. The summed E-state index contributed by atoms with van der Waals surface area (Å²) >= 11 is 0. The molecule has 2 aliphatic rings. The second-order valence-corrected chi connectivity index (χ2v) is 9.28. The molecule has 0 radical (unpaired) electrons. The van der Waals surface area contributed by atoms with Crippen LogP contribution in [0.1, 0.15) is 31.1 Å². The Bertz CT molecular complexity index is 1300. The average molecular weight is 470 g/mol. The van der Waals surface area contributed by atoms with Crippen molar-refractivity contribution < 1.29 is 9.90 Å². The molecule has 180 valence electrons. The molecule has 6 heteroatoms. The van der Waals surface area contributed by atoms with Crippen LogP contribution in [0.3, 0.4) is 0 Å². The lowest BCUT2D eigenvalue weighted by atomic mass is 9.86. The number of anilines is 1. The van der Waals surface area contributed by atoms with Gasteiger partial charge in [-0.3, -0.25) is 14.5 Å². The first-order valence-electron chi connectivity index (χ1n) is 12.3. The zero-order chi connectivity index (χ0) is 24.5. The van der Waals surface area contributed by atoms with Crippen molar-refractivity contribution in [1.82, 2.24) is 9.47 Å². The average Bonchev–Trinajstić information content (AvgIpc) is 3.12. The molecule has 35 heavy (non-hydrogen) atoms. The number of nitrogens with one attached hydrogen (secondary N) is 1. The molecule has 2 aliphatic heterocycles. The van der Waals surface area contributed by atoms with E-state index in [1.807, 2.05) is 73.7 Å². The van der Waals surface area contributed by atoms with Gasteiger partial charge in [0.15, 0.2) is 0 Å². The van der Waals surface area contributed by atoms with E-state index < -0.39 is 5.92 Å². The molecule has 4 atom stereocenters. The Kier molecular flexibility index (Phi) is 6.41. The summed E-state index contributed by atoms with van der Waals surface area (Å²) in [7, 11) is 0. The number of pyridine rings is 1. The molecule has 3 heterocycles. The van der Waals surface area contributed by atoms with Gasteiger partial charge in [-0.05, 0) is 48.9 Å². The van der Waals surface area contributed by atoms with Gasteiger partial charge >= 0.3 is 0 Å². The molecular formula is C29H31N3O3. The third-order valence-electron chi connectivity index (χ3n) is 7.47. The van der Waals surface area contributed by atoms with Crippen molar-refractivity contribution in [3.05, 3.63) is 94.4 Å². The number of amides is 1. The number of nitrogens with zero attached hydrogens (tertiary/aromatic N) is 2. The topological polar surface area (TPSA) is 74.6 Å². The number of carbonyl (C=O) groups excluding carboxylic acids is 1. The maximum Gasteiger partial charge on any atom is 0.258 e. The van der Waals surface area contributed by atoms with Crippen molar-refractivity contribution in [2.24, 2.45) is 11.8 Å². The van der Waals surface area contributed by atoms with Crippen molar-refractivity contribution in [1.29, 1.82) is 0 Å². The van der Waals surface area contributed by atoms with Crippen molar-refractivity contribution in [3.63, 3.8) is 0 Å². The monoisotopic (exact) mass is 469 g/mol. The largest absolute Gasteiger partial charge is 0.396 e. The highest BCUT2D eigenvalue weighted by Gasteiger charge is 2.55. The fourth-order valence-electron chi connectivity index (χ4n) is 5.88. The van der Waals surface area contributed by atoms with Crippen LogP contribution < -0.4 is 10.9 Å². The van der Waals surface area contributed by atoms with Crippen LogP contribution in [0.2, 0.25) is 0 Å². The Morgan fingerprint density at radius 2 is 1.77 bits per heavy atom. The van der Waals surface area contributed by atoms with Gasteiger partial charge in [0, 0.05) is 42.1 Å². The van der Waals surface area contributed by atoms with Crippen LogP contribution in [0, 0.1) is 11.8 Å². The second-order valence-electron chi connectivity index (χ2n) is 9.28. The normalized spacial score (nSPS) is 23.4. The predicted octanol–water partition coefficient (Wildman–Crippen LogP) is 4.17. The first-order valence-corrected chi connectivity index (χ1v) is 12.3. The summed E-state index contributed by atoms with van der Waals surface area (Å²) in [6.45, 7) is 5.07. The highest BCUT2D eigenvalue weighted by Crippen LogP contribution is 2.48. The standard InChI is InChI=1S/C29H31N3O3/c1-3-8-21-13-16-24-27-26(23(18-33)25(31(27)4-2)17-32(24)29(21)35)28(34)30-22-14-11-20(12-15-22)19-9-6-5-7-10-19/h3,5-16,23,25-27,33H,4,17-18H2,1-2H3,(H,30,34)/b8-3+/t23-,25-,26+,27+/m0/s1. The molecule has 6 nitrogen and oxygen atoms in total. The van der Waals surface area contributed by atoms with Gasteiger partial charge in [-0.15, -0.1) is 0 Å². The molecule has 2 N–H and O–H groups in total. The van der Waals surface area contributed by atoms with Gasteiger partial charge in [-0.1, -0.05) is 61.5 Å². The van der Waals surface area contributed by atoms with E-state index >= 15 is 0 Å². The van der Waals surface area contributed by atoms with Crippen LogP contribution >= 0.6 is 0 Å². The number of aliphatic hydroxyl groups is 1. The minimum Gasteiger partial charge on any atom is -0.396 e. The number of rotatable bonds is 6. The Morgan fingerprint density at radius 1 is 1.06 bits per heavy atom. The Labute approximate surface area is 205 Å². The molecule has 2 aromatic carbocycles. The third-order valence-corrected chi connectivity index (χ3v) is 7.47. The number of likely N-dealkylation sites (N-methyl/N-ethyl adjacent to an activating group) is 1. The van der Waals surface area contributed by atoms with E-state index in [0.717, 1.165) is 29.1 Å². The number of hydrogen-bond donors (Lipinski definition) is 2. The van der Waals surface area contributed by atoms with Crippen LogP contribution in [-0.4, -0.2) is 39.7 Å². The van der Waals surface area contributed by atoms with Crippen molar-refractivity contribution in [2.75, 3.05) is 18.5 Å². The fraction of sp³-hybridized carbons (Fsp3) is 0.310. The lowest BCUT2D eigenvalue weighted by molar-refractivity contribution is -0.122. The van der Waals surface area contributed by atoms with E-state index in [1.165, 1.54) is 0 Å². The van der Waals surface area contributed by atoms with Gasteiger partial charge in [0.2, 0.25) is 5.91 Å². The van der Waals surface area contributed by atoms with Crippen LogP contribution in [0.5, 0.6) is 0 Å². The second kappa shape index (κ2) is 9.64.